The minimum absolute atomic E-state index is 0.129. The minimum Gasteiger partial charge on any atom is -0.349 e. The van der Waals surface area contributed by atoms with Crippen molar-refractivity contribution in [1.29, 1.82) is 0 Å². The first-order valence-electron chi connectivity index (χ1n) is 5.04. The van der Waals surface area contributed by atoms with Gasteiger partial charge in [0.2, 0.25) is 5.91 Å². The van der Waals surface area contributed by atoms with Crippen LogP contribution in [0.2, 0.25) is 0 Å². The van der Waals surface area contributed by atoms with Crippen molar-refractivity contribution in [3.05, 3.63) is 18.2 Å². The minimum atomic E-state index is 0.129. The molecule has 5 nitrogen and oxygen atoms in total. The zero-order chi connectivity index (χ0) is 11.3. The Hall–Kier alpha value is -1.36. The van der Waals surface area contributed by atoms with E-state index >= 15 is 0 Å². The van der Waals surface area contributed by atoms with Crippen LogP contribution in [0.25, 0.3) is 0 Å². The summed E-state index contributed by atoms with van der Waals surface area (Å²) in [6.45, 7) is 1.28. The maximum absolute atomic E-state index is 11.3. The normalized spacial score (nSPS) is 10.3. The molecular weight excluding hydrogens is 192 g/mol. The van der Waals surface area contributed by atoms with Crippen molar-refractivity contribution in [2.75, 3.05) is 20.6 Å². The Labute approximate surface area is 89.9 Å². The van der Waals surface area contributed by atoms with Crippen LogP contribution < -0.4 is 5.73 Å². The lowest BCUT2D eigenvalue weighted by atomic mass is 10.3. The number of nitrogens with two attached hydrogens (primary N) is 1. The average Bonchev–Trinajstić information content (AvgIpc) is 2.62. The van der Waals surface area contributed by atoms with E-state index in [1.807, 2.05) is 10.8 Å². The van der Waals surface area contributed by atoms with E-state index in [1.165, 1.54) is 0 Å². The Morgan fingerprint density at radius 1 is 1.60 bits per heavy atom. The molecule has 84 valence electrons. The smallest absolute Gasteiger partial charge is 0.223 e. The number of nitrogens with zero attached hydrogens (tertiary/aromatic N) is 3. The lowest BCUT2D eigenvalue weighted by Crippen LogP contribution is -2.22. The second kappa shape index (κ2) is 5.50. The number of aryl methyl sites for hydroxylation is 1. The molecule has 0 unspecified atom stereocenters. The van der Waals surface area contributed by atoms with Gasteiger partial charge in [-0.25, -0.2) is 4.98 Å². The maximum atomic E-state index is 11.3. The van der Waals surface area contributed by atoms with E-state index in [0.29, 0.717) is 19.5 Å². The van der Waals surface area contributed by atoms with E-state index in [0.717, 1.165) is 12.1 Å². The molecule has 0 aliphatic carbocycles. The van der Waals surface area contributed by atoms with Gasteiger partial charge in [-0.1, -0.05) is 0 Å². The van der Waals surface area contributed by atoms with Gasteiger partial charge in [0, 0.05) is 39.7 Å². The number of hydrogen-bond acceptors (Lipinski definition) is 3. The molecule has 1 rings (SSSR count). The summed E-state index contributed by atoms with van der Waals surface area (Å²) in [5.74, 6) is 0.129. The molecule has 5 heteroatoms. The molecule has 1 heterocycles. The Morgan fingerprint density at radius 3 is 2.93 bits per heavy atom. The van der Waals surface area contributed by atoms with E-state index in [9.17, 15) is 4.79 Å². The summed E-state index contributed by atoms with van der Waals surface area (Å²) in [5, 5.41) is 0. The van der Waals surface area contributed by atoms with Gasteiger partial charge in [0.25, 0.3) is 0 Å². The van der Waals surface area contributed by atoms with Gasteiger partial charge in [-0.2, -0.15) is 0 Å². The molecule has 0 saturated carbocycles. The van der Waals surface area contributed by atoms with Gasteiger partial charge in [-0.15, -0.1) is 0 Å². The van der Waals surface area contributed by atoms with E-state index < -0.39 is 0 Å². The summed E-state index contributed by atoms with van der Waals surface area (Å²) < 4.78 is 1.92. The molecule has 0 radical (unpaired) electrons. The first kappa shape index (κ1) is 11.7. The summed E-state index contributed by atoms with van der Waals surface area (Å²) in [7, 11) is 3.52. The highest BCUT2D eigenvalue weighted by atomic mass is 16.2. The molecule has 0 spiro atoms. The fraction of sp³-hybridized carbons (Fsp3) is 0.600. The van der Waals surface area contributed by atoms with E-state index in [-0.39, 0.29) is 5.91 Å². The van der Waals surface area contributed by atoms with Crippen LogP contribution in [0, 0.1) is 0 Å². The average molecular weight is 210 g/mol. The summed E-state index contributed by atoms with van der Waals surface area (Å²) in [5.41, 5.74) is 6.40. The number of imidazole rings is 1. The second-order valence-electron chi connectivity index (χ2n) is 3.68. The molecule has 1 aromatic heterocycles. The van der Waals surface area contributed by atoms with Crippen LogP contribution in [0.15, 0.2) is 12.5 Å². The quantitative estimate of drug-likeness (QED) is 0.736. The summed E-state index contributed by atoms with van der Waals surface area (Å²) >= 11 is 0. The number of aromatic nitrogens is 2. The van der Waals surface area contributed by atoms with Crippen molar-refractivity contribution < 1.29 is 4.79 Å². The fourth-order valence-corrected chi connectivity index (χ4v) is 1.25. The lowest BCUT2D eigenvalue weighted by Gasteiger charge is -2.09. The number of rotatable bonds is 5. The largest absolute Gasteiger partial charge is 0.349 e. The van der Waals surface area contributed by atoms with Crippen LogP contribution in [-0.2, 0) is 17.8 Å². The van der Waals surface area contributed by atoms with Crippen LogP contribution >= 0.6 is 0 Å². The van der Waals surface area contributed by atoms with Crippen LogP contribution in [-0.4, -0.2) is 41.0 Å². The molecule has 1 amide bonds. The predicted octanol–water partition coefficient (Wildman–Crippen LogP) is -0.137. The van der Waals surface area contributed by atoms with Crippen LogP contribution in [0.4, 0.5) is 0 Å². The molecule has 0 atom stereocenters. The third kappa shape index (κ3) is 3.71. The molecule has 2 N–H and O–H groups in total. The van der Waals surface area contributed by atoms with Crippen molar-refractivity contribution in [3.63, 3.8) is 0 Å². The predicted molar refractivity (Wildman–Crippen MR) is 58.3 cm³/mol. The molecule has 1 aromatic rings. The van der Waals surface area contributed by atoms with Crippen molar-refractivity contribution >= 4 is 5.91 Å². The monoisotopic (exact) mass is 210 g/mol. The van der Waals surface area contributed by atoms with Crippen LogP contribution in [0.5, 0.6) is 0 Å². The van der Waals surface area contributed by atoms with E-state index in [2.05, 4.69) is 4.98 Å². The summed E-state index contributed by atoms with van der Waals surface area (Å²) in [6.07, 6.45) is 4.98. The number of amides is 1. The first-order valence-corrected chi connectivity index (χ1v) is 5.04. The van der Waals surface area contributed by atoms with Crippen LogP contribution in [0.1, 0.15) is 12.1 Å². The molecule has 0 aliphatic heterocycles. The molecule has 0 aromatic carbocycles. The van der Waals surface area contributed by atoms with Gasteiger partial charge >= 0.3 is 0 Å². The molecule has 0 bridgehead atoms. The molecule has 0 fully saturated rings. The third-order valence-corrected chi connectivity index (χ3v) is 2.17. The first-order chi connectivity index (χ1) is 7.13. The molecular formula is C10H18N4O. The number of hydrogen-bond donors (Lipinski definition) is 1. The van der Waals surface area contributed by atoms with Gasteiger partial charge in [0.1, 0.15) is 0 Å². The second-order valence-corrected chi connectivity index (χ2v) is 3.68. The van der Waals surface area contributed by atoms with Crippen molar-refractivity contribution in [2.24, 2.45) is 5.73 Å². The third-order valence-electron chi connectivity index (χ3n) is 2.17. The van der Waals surface area contributed by atoms with E-state index in [1.54, 1.807) is 25.3 Å². The van der Waals surface area contributed by atoms with E-state index in [4.69, 9.17) is 5.73 Å². The zero-order valence-electron chi connectivity index (χ0n) is 9.31. The van der Waals surface area contributed by atoms with Gasteiger partial charge in [-0.05, 0) is 6.54 Å². The highest BCUT2D eigenvalue weighted by Gasteiger charge is 2.04. The Morgan fingerprint density at radius 2 is 2.33 bits per heavy atom. The fourth-order valence-electron chi connectivity index (χ4n) is 1.25. The van der Waals surface area contributed by atoms with Crippen molar-refractivity contribution in [1.82, 2.24) is 14.5 Å². The highest BCUT2D eigenvalue weighted by molar-refractivity contribution is 5.75. The number of carbonyl (C=O) groups is 1. The molecule has 15 heavy (non-hydrogen) atoms. The highest BCUT2D eigenvalue weighted by Crippen LogP contribution is 1.99. The van der Waals surface area contributed by atoms with Crippen molar-refractivity contribution in [3.8, 4) is 0 Å². The van der Waals surface area contributed by atoms with Crippen LogP contribution in [0.3, 0.4) is 0 Å². The van der Waals surface area contributed by atoms with Gasteiger partial charge < -0.3 is 15.2 Å². The Kier molecular flexibility index (Phi) is 4.30. The summed E-state index contributed by atoms with van der Waals surface area (Å²) in [6, 6.07) is 0. The lowest BCUT2D eigenvalue weighted by molar-refractivity contribution is -0.128. The van der Waals surface area contributed by atoms with Crippen molar-refractivity contribution in [2.45, 2.75) is 19.4 Å². The standard InChI is InChI=1S/C10H18N4O/c1-13(2)10(15)4-6-14-7-9(3-5-11)12-8-14/h7-8H,3-6,11H2,1-2H3. The maximum Gasteiger partial charge on any atom is 0.223 e. The number of carbonyl (C=O) groups excluding carboxylic acids is 1. The zero-order valence-corrected chi connectivity index (χ0v) is 9.31. The topological polar surface area (TPSA) is 64.2 Å². The van der Waals surface area contributed by atoms with Gasteiger partial charge in [0.15, 0.2) is 0 Å². The summed E-state index contributed by atoms with van der Waals surface area (Å²) in [4.78, 5) is 17.1. The molecule has 0 aliphatic rings. The molecule has 0 saturated heterocycles. The van der Waals surface area contributed by atoms with Gasteiger partial charge in [-0.3, -0.25) is 4.79 Å². The van der Waals surface area contributed by atoms with Gasteiger partial charge in [0.05, 0.1) is 12.0 Å². The SMILES string of the molecule is CN(C)C(=O)CCn1cnc(CCN)c1. The Bertz CT molecular complexity index is 319. The Balaban J connectivity index is 2.40.